The highest BCUT2D eigenvalue weighted by Crippen LogP contribution is 2.27. The fourth-order valence-corrected chi connectivity index (χ4v) is 5.56. The van der Waals surface area contributed by atoms with Gasteiger partial charge in [0.05, 0.1) is 12.3 Å². The lowest BCUT2D eigenvalue weighted by atomic mass is 9.99. The zero-order valence-corrected chi connectivity index (χ0v) is 18.2. The molecule has 0 spiro atoms. The standard InChI is InChI=1S/C19H23ClN6O3S/c1-2-10-30(28,29)25-9-5-7-14(11-25)17-21-18-16(19(27)22-17)23-24-26(18)12-13-6-3-4-8-15(13)20/h3-4,6,8,14H,2,5,7,9-12H2,1H3,(H,21,22,27)/t14-/m1/s1. The van der Waals surface area contributed by atoms with Crippen LogP contribution in [0.25, 0.3) is 11.2 Å². The summed E-state index contributed by atoms with van der Waals surface area (Å²) < 4.78 is 28.0. The number of piperidine rings is 1. The summed E-state index contributed by atoms with van der Waals surface area (Å²) in [5.74, 6) is 0.398. The Bertz CT molecular complexity index is 1220. The number of aromatic amines is 1. The van der Waals surface area contributed by atoms with E-state index in [-0.39, 0.29) is 22.7 Å². The number of H-pyrrole nitrogens is 1. The summed E-state index contributed by atoms with van der Waals surface area (Å²) in [7, 11) is -3.30. The van der Waals surface area contributed by atoms with Crippen LogP contribution in [-0.2, 0) is 16.6 Å². The Labute approximate surface area is 179 Å². The van der Waals surface area contributed by atoms with E-state index in [1.165, 1.54) is 4.31 Å². The highest BCUT2D eigenvalue weighted by molar-refractivity contribution is 7.89. The lowest BCUT2D eigenvalue weighted by Gasteiger charge is -2.31. The Hall–Kier alpha value is -2.30. The largest absolute Gasteiger partial charge is 0.308 e. The van der Waals surface area contributed by atoms with Gasteiger partial charge in [-0.3, -0.25) is 4.79 Å². The van der Waals surface area contributed by atoms with E-state index >= 15 is 0 Å². The Morgan fingerprint density at radius 3 is 2.87 bits per heavy atom. The van der Waals surface area contributed by atoms with Crippen LogP contribution in [-0.4, -0.2) is 56.5 Å². The van der Waals surface area contributed by atoms with Crippen LogP contribution in [0.15, 0.2) is 29.1 Å². The van der Waals surface area contributed by atoms with E-state index in [9.17, 15) is 13.2 Å². The van der Waals surface area contributed by atoms with Crippen molar-refractivity contribution >= 4 is 32.8 Å². The second kappa shape index (κ2) is 8.44. The van der Waals surface area contributed by atoms with Gasteiger partial charge in [0, 0.05) is 24.0 Å². The number of benzene rings is 1. The molecular formula is C19H23ClN6O3S. The number of nitrogens with zero attached hydrogens (tertiary/aromatic N) is 5. The summed E-state index contributed by atoms with van der Waals surface area (Å²) in [4.78, 5) is 20.0. The molecule has 160 valence electrons. The van der Waals surface area contributed by atoms with E-state index in [1.54, 1.807) is 10.7 Å². The number of sulfonamides is 1. The van der Waals surface area contributed by atoms with E-state index in [2.05, 4.69) is 20.3 Å². The van der Waals surface area contributed by atoms with Crippen LogP contribution in [0.4, 0.5) is 0 Å². The molecule has 0 unspecified atom stereocenters. The normalized spacial score (nSPS) is 18.1. The number of halogens is 1. The lowest BCUT2D eigenvalue weighted by molar-refractivity contribution is 0.309. The number of fused-ring (bicyclic) bond motifs is 1. The van der Waals surface area contributed by atoms with Gasteiger partial charge in [-0.2, -0.15) is 0 Å². The van der Waals surface area contributed by atoms with Crippen molar-refractivity contribution in [1.82, 2.24) is 29.3 Å². The molecule has 0 saturated carbocycles. The Morgan fingerprint density at radius 1 is 1.30 bits per heavy atom. The van der Waals surface area contributed by atoms with Crippen molar-refractivity contribution in [2.24, 2.45) is 0 Å². The number of nitrogens with one attached hydrogen (secondary N) is 1. The van der Waals surface area contributed by atoms with Crippen LogP contribution in [0.1, 0.15) is 43.5 Å². The molecule has 0 aliphatic carbocycles. The van der Waals surface area contributed by atoms with Gasteiger partial charge in [-0.25, -0.2) is 22.4 Å². The zero-order chi connectivity index (χ0) is 21.3. The smallest absolute Gasteiger partial charge is 0.281 e. The molecule has 9 nitrogen and oxygen atoms in total. The van der Waals surface area contributed by atoms with Gasteiger partial charge in [-0.05, 0) is 30.9 Å². The summed E-state index contributed by atoms with van der Waals surface area (Å²) in [6.45, 7) is 2.98. The van der Waals surface area contributed by atoms with Gasteiger partial charge in [0.25, 0.3) is 5.56 Å². The third-order valence-corrected chi connectivity index (χ3v) is 7.71. The van der Waals surface area contributed by atoms with Gasteiger partial charge in [0.1, 0.15) is 5.82 Å². The maximum atomic E-state index is 12.6. The fourth-order valence-electron chi connectivity index (χ4n) is 3.78. The fraction of sp³-hybridized carbons (Fsp3) is 0.474. The van der Waals surface area contributed by atoms with E-state index in [1.807, 2.05) is 25.1 Å². The van der Waals surface area contributed by atoms with Crippen LogP contribution in [0, 0.1) is 0 Å². The molecule has 1 fully saturated rings. The van der Waals surface area contributed by atoms with Crippen LogP contribution >= 0.6 is 11.6 Å². The quantitative estimate of drug-likeness (QED) is 0.615. The minimum atomic E-state index is -3.30. The van der Waals surface area contributed by atoms with Crippen molar-refractivity contribution in [2.75, 3.05) is 18.8 Å². The molecule has 30 heavy (non-hydrogen) atoms. The first kappa shape index (κ1) is 21.0. The number of rotatable bonds is 6. The first-order valence-corrected chi connectivity index (χ1v) is 11.9. The van der Waals surface area contributed by atoms with Gasteiger partial charge in [-0.1, -0.05) is 41.9 Å². The molecule has 3 heterocycles. The lowest BCUT2D eigenvalue weighted by Crippen LogP contribution is -2.41. The molecule has 4 rings (SSSR count). The van der Waals surface area contributed by atoms with E-state index in [0.29, 0.717) is 49.0 Å². The van der Waals surface area contributed by atoms with Gasteiger partial charge in [0.2, 0.25) is 10.0 Å². The Morgan fingerprint density at radius 2 is 2.10 bits per heavy atom. The summed E-state index contributed by atoms with van der Waals surface area (Å²) in [6, 6.07) is 7.38. The molecule has 0 bridgehead atoms. The Balaban J connectivity index is 1.67. The number of aromatic nitrogens is 5. The second-order valence-corrected chi connectivity index (χ2v) is 9.97. The van der Waals surface area contributed by atoms with Crippen molar-refractivity contribution in [2.45, 2.75) is 38.6 Å². The summed E-state index contributed by atoms with van der Waals surface area (Å²) in [6.07, 6.45) is 2.03. The zero-order valence-electron chi connectivity index (χ0n) is 16.6. The molecule has 1 atom stereocenters. The van der Waals surface area contributed by atoms with E-state index in [4.69, 9.17) is 11.6 Å². The van der Waals surface area contributed by atoms with E-state index < -0.39 is 10.0 Å². The molecule has 11 heteroatoms. The van der Waals surface area contributed by atoms with Crippen LogP contribution in [0.5, 0.6) is 0 Å². The van der Waals surface area contributed by atoms with Crippen molar-refractivity contribution in [1.29, 1.82) is 0 Å². The van der Waals surface area contributed by atoms with Crippen molar-refractivity contribution in [3.05, 3.63) is 51.0 Å². The maximum absolute atomic E-state index is 12.6. The minimum absolute atomic E-state index is 0.122. The monoisotopic (exact) mass is 450 g/mol. The first-order valence-electron chi connectivity index (χ1n) is 9.93. The van der Waals surface area contributed by atoms with Crippen molar-refractivity contribution in [3.63, 3.8) is 0 Å². The maximum Gasteiger partial charge on any atom is 0.281 e. The topological polar surface area (TPSA) is 114 Å². The van der Waals surface area contributed by atoms with Gasteiger partial charge in [0.15, 0.2) is 11.2 Å². The van der Waals surface area contributed by atoms with Gasteiger partial charge < -0.3 is 4.98 Å². The summed E-state index contributed by atoms with van der Waals surface area (Å²) in [5, 5.41) is 8.64. The van der Waals surface area contributed by atoms with E-state index in [0.717, 1.165) is 12.0 Å². The molecule has 1 N–H and O–H groups in total. The third kappa shape index (κ3) is 4.12. The third-order valence-electron chi connectivity index (χ3n) is 5.30. The summed E-state index contributed by atoms with van der Waals surface area (Å²) in [5.41, 5.74) is 0.970. The highest BCUT2D eigenvalue weighted by Gasteiger charge is 2.30. The molecule has 0 radical (unpaired) electrons. The average molecular weight is 451 g/mol. The average Bonchev–Trinajstić information content (AvgIpc) is 3.13. The number of hydrogen-bond donors (Lipinski definition) is 1. The van der Waals surface area contributed by atoms with Crippen molar-refractivity contribution < 1.29 is 8.42 Å². The minimum Gasteiger partial charge on any atom is -0.308 e. The Kier molecular flexibility index (Phi) is 5.90. The van der Waals surface area contributed by atoms with Gasteiger partial charge in [-0.15, -0.1) is 5.10 Å². The van der Waals surface area contributed by atoms with Crippen molar-refractivity contribution in [3.8, 4) is 0 Å². The number of hydrogen-bond acceptors (Lipinski definition) is 6. The first-order chi connectivity index (χ1) is 14.4. The molecule has 1 aliphatic rings. The molecule has 2 aromatic heterocycles. The van der Waals surface area contributed by atoms with Crippen LogP contribution in [0.3, 0.4) is 0 Å². The molecule has 1 saturated heterocycles. The molecule has 1 aliphatic heterocycles. The molecule has 0 amide bonds. The molecule has 1 aromatic carbocycles. The molecule has 3 aromatic rings. The highest BCUT2D eigenvalue weighted by atomic mass is 35.5. The predicted molar refractivity (Wildman–Crippen MR) is 114 cm³/mol. The second-order valence-electron chi connectivity index (χ2n) is 7.48. The van der Waals surface area contributed by atoms with Crippen LogP contribution in [0.2, 0.25) is 5.02 Å². The summed E-state index contributed by atoms with van der Waals surface area (Å²) >= 11 is 6.25. The van der Waals surface area contributed by atoms with Crippen LogP contribution < -0.4 is 5.56 Å². The predicted octanol–water partition coefficient (Wildman–Crippen LogP) is 2.14. The van der Waals surface area contributed by atoms with Gasteiger partial charge >= 0.3 is 0 Å². The molecular weight excluding hydrogens is 428 g/mol. The SMILES string of the molecule is CCCS(=O)(=O)N1CCC[C@@H](c2nc3c(nnn3Cc3ccccc3Cl)c(=O)[nH]2)C1.